The van der Waals surface area contributed by atoms with E-state index in [4.69, 9.17) is 27.6 Å². The van der Waals surface area contributed by atoms with E-state index in [0.717, 1.165) is 22.0 Å². The van der Waals surface area contributed by atoms with Gasteiger partial charge in [-0.3, -0.25) is 10.1 Å². The summed E-state index contributed by atoms with van der Waals surface area (Å²) in [6, 6.07) is 23.1. The highest BCUT2D eigenvalue weighted by Gasteiger charge is 2.11. The molecular formula is C26H16Cl2N2O2S. The van der Waals surface area contributed by atoms with Crippen molar-refractivity contribution in [3.8, 4) is 22.6 Å². The van der Waals surface area contributed by atoms with Crippen LogP contribution in [0.1, 0.15) is 5.76 Å². The first kappa shape index (κ1) is 21.5. The molecule has 0 saturated heterocycles. The van der Waals surface area contributed by atoms with Crippen LogP contribution in [0.2, 0.25) is 10.0 Å². The summed E-state index contributed by atoms with van der Waals surface area (Å²) >= 11 is 13.7. The molecule has 162 valence electrons. The van der Waals surface area contributed by atoms with Gasteiger partial charge in [0.25, 0.3) is 0 Å². The monoisotopic (exact) mass is 490 g/mol. The van der Waals surface area contributed by atoms with Crippen LogP contribution in [0.4, 0.5) is 5.13 Å². The lowest BCUT2D eigenvalue weighted by Gasteiger charge is -2.03. The van der Waals surface area contributed by atoms with Gasteiger partial charge in [0, 0.05) is 22.6 Å². The third-order valence-corrected chi connectivity index (χ3v) is 6.62. The van der Waals surface area contributed by atoms with Gasteiger partial charge < -0.3 is 4.42 Å². The number of benzene rings is 3. The Kier molecular flexibility index (Phi) is 6.01. The molecule has 0 spiro atoms. The first-order valence-corrected chi connectivity index (χ1v) is 11.7. The molecule has 0 radical (unpaired) electrons. The number of rotatable bonds is 5. The number of thiazole rings is 1. The van der Waals surface area contributed by atoms with Gasteiger partial charge in [0.05, 0.1) is 15.7 Å². The molecule has 0 unspecified atom stereocenters. The lowest BCUT2D eigenvalue weighted by atomic mass is 10.0. The fourth-order valence-corrected chi connectivity index (χ4v) is 4.60. The molecule has 1 amide bonds. The highest BCUT2D eigenvalue weighted by molar-refractivity contribution is 7.14. The maximum Gasteiger partial charge on any atom is 0.250 e. The predicted molar refractivity (Wildman–Crippen MR) is 137 cm³/mol. The third kappa shape index (κ3) is 4.57. The molecule has 0 aliphatic heterocycles. The summed E-state index contributed by atoms with van der Waals surface area (Å²) in [6.45, 7) is 0. The molecule has 1 N–H and O–H groups in total. The molecule has 33 heavy (non-hydrogen) atoms. The molecule has 0 aliphatic rings. The third-order valence-electron chi connectivity index (χ3n) is 5.04. The number of nitrogens with one attached hydrogen (secondary N) is 1. The summed E-state index contributed by atoms with van der Waals surface area (Å²) in [5.41, 5.74) is 2.55. The highest BCUT2D eigenvalue weighted by atomic mass is 35.5. The van der Waals surface area contributed by atoms with Crippen LogP contribution < -0.4 is 5.32 Å². The molecule has 0 aliphatic carbocycles. The van der Waals surface area contributed by atoms with E-state index in [1.54, 1.807) is 30.3 Å². The minimum Gasteiger partial charge on any atom is -0.457 e. The van der Waals surface area contributed by atoms with Crippen LogP contribution in [-0.2, 0) is 4.79 Å². The molecular weight excluding hydrogens is 475 g/mol. The summed E-state index contributed by atoms with van der Waals surface area (Å²) in [7, 11) is 0. The maximum atomic E-state index is 12.4. The summed E-state index contributed by atoms with van der Waals surface area (Å²) in [5, 5.41) is 8.42. The summed E-state index contributed by atoms with van der Waals surface area (Å²) in [6.07, 6.45) is 3.00. The molecule has 0 saturated carbocycles. The SMILES string of the molecule is O=C(C=Cc1ccc(-c2cccc(Cl)c2Cl)o1)Nc1nc(-c2cccc3ccccc23)cs1. The minimum atomic E-state index is -0.299. The smallest absolute Gasteiger partial charge is 0.250 e. The van der Waals surface area contributed by atoms with Gasteiger partial charge in [-0.15, -0.1) is 11.3 Å². The Hall–Kier alpha value is -3.38. The Labute approximate surface area is 204 Å². The number of anilines is 1. The van der Waals surface area contributed by atoms with E-state index < -0.39 is 0 Å². The molecule has 7 heteroatoms. The second kappa shape index (κ2) is 9.24. The van der Waals surface area contributed by atoms with Crippen molar-refractivity contribution in [2.45, 2.75) is 0 Å². The predicted octanol–water partition coefficient (Wildman–Crippen LogP) is 8.18. The Morgan fingerprint density at radius 2 is 1.73 bits per heavy atom. The first-order valence-electron chi connectivity index (χ1n) is 10.1. The van der Waals surface area contributed by atoms with Crippen molar-refractivity contribution in [3.05, 3.63) is 100 Å². The zero-order valence-corrected chi connectivity index (χ0v) is 19.4. The summed E-state index contributed by atoms with van der Waals surface area (Å²) in [5.74, 6) is 0.793. The van der Waals surface area contributed by atoms with Gasteiger partial charge in [-0.05, 0) is 41.1 Å². The number of hydrogen-bond acceptors (Lipinski definition) is 4. The average molecular weight is 491 g/mol. The Morgan fingerprint density at radius 3 is 2.64 bits per heavy atom. The highest BCUT2D eigenvalue weighted by Crippen LogP contribution is 2.34. The summed E-state index contributed by atoms with van der Waals surface area (Å²) in [4.78, 5) is 17.0. The minimum absolute atomic E-state index is 0.299. The lowest BCUT2D eigenvalue weighted by molar-refractivity contribution is -0.111. The first-order chi connectivity index (χ1) is 16.1. The molecule has 0 fully saturated rings. The van der Waals surface area contributed by atoms with E-state index in [1.807, 2.05) is 35.7 Å². The van der Waals surface area contributed by atoms with E-state index in [2.05, 4.69) is 28.5 Å². The Morgan fingerprint density at radius 1 is 0.939 bits per heavy atom. The molecule has 5 rings (SSSR count). The van der Waals surface area contributed by atoms with Crippen LogP contribution in [-0.4, -0.2) is 10.9 Å². The van der Waals surface area contributed by atoms with Gasteiger partial charge in [-0.25, -0.2) is 4.98 Å². The number of carbonyl (C=O) groups excluding carboxylic acids is 1. The van der Waals surface area contributed by atoms with Crippen molar-refractivity contribution >= 4 is 62.4 Å². The van der Waals surface area contributed by atoms with Gasteiger partial charge >= 0.3 is 0 Å². The van der Waals surface area contributed by atoms with Crippen molar-refractivity contribution in [1.29, 1.82) is 0 Å². The molecule has 3 aromatic carbocycles. The fourth-order valence-electron chi connectivity index (χ4n) is 3.49. The van der Waals surface area contributed by atoms with Crippen molar-refractivity contribution < 1.29 is 9.21 Å². The second-order valence-corrected chi connectivity index (χ2v) is 8.83. The van der Waals surface area contributed by atoms with Crippen LogP contribution in [0, 0.1) is 0 Å². The molecule has 5 aromatic rings. The van der Waals surface area contributed by atoms with Crippen LogP contribution in [0.15, 0.2) is 88.7 Å². The van der Waals surface area contributed by atoms with Crippen molar-refractivity contribution in [3.63, 3.8) is 0 Å². The van der Waals surface area contributed by atoms with Crippen molar-refractivity contribution in [2.75, 3.05) is 5.32 Å². The topological polar surface area (TPSA) is 55.1 Å². The van der Waals surface area contributed by atoms with Crippen LogP contribution in [0.3, 0.4) is 0 Å². The van der Waals surface area contributed by atoms with E-state index in [-0.39, 0.29) is 5.91 Å². The maximum absolute atomic E-state index is 12.4. The zero-order chi connectivity index (χ0) is 22.8. The number of nitrogens with zero attached hydrogens (tertiary/aromatic N) is 1. The van der Waals surface area contributed by atoms with E-state index >= 15 is 0 Å². The quantitative estimate of drug-likeness (QED) is 0.252. The molecule has 4 nitrogen and oxygen atoms in total. The van der Waals surface area contributed by atoms with Crippen LogP contribution >= 0.6 is 34.5 Å². The van der Waals surface area contributed by atoms with Gasteiger partial charge in [0.15, 0.2) is 5.13 Å². The van der Waals surface area contributed by atoms with Gasteiger partial charge in [0.2, 0.25) is 5.91 Å². The number of hydrogen-bond donors (Lipinski definition) is 1. The van der Waals surface area contributed by atoms with Crippen molar-refractivity contribution in [1.82, 2.24) is 4.98 Å². The fraction of sp³-hybridized carbons (Fsp3) is 0. The van der Waals surface area contributed by atoms with Gasteiger partial charge in [0.1, 0.15) is 11.5 Å². The van der Waals surface area contributed by atoms with Crippen LogP contribution in [0.25, 0.3) is 39.4 Å². The number of furan rings is 1. The second-order valence-electron chi connectivity index (χ2n) is 7.19. The van der Waals surface area contributed by atoms with Crippen molar-refractivity contribution in [2.24, 2.45) is 0 Å². The number of fused-ring (bicyclic) bond motifs is 1. The molecule has 2 heterocycles. The van der Waals surface area contributed by atoms with E-state index in [0.29, 0.717) is 32.3 Å². The largest absolute Gasteiger partial charge is 0.457 e. The zero-order valence-electron chi connectivity index (χ0n) is 17.1. The number of carbonyl (C=O) groups is 1. The number of amides is 1. The molecule has 0 bridgehead atoms. The number of aromatic nitrogens is 1. The average Bonchev–Trinajstić information content (AvgIpc) is 3.49. The standard InChI is InChI=1S/C26H16Cl2N2O2S/c27-21-10-4-9-20(25(21)28)23-13-11-17(32-23)12-14-24(31)30-26-29-22(15-33-26)19-8-3-6-16-5-1-2-7-18(16)19/h1-15H,(H,29,30,31). The normalized spacial score (nSPS) is 11.3. The molecule has 2 aromatic heterocycles. The lowest BCUT2D eigenvalue weighted by Crippen LogP contribution is -2.07. The van der Waals surface area contributed by atoms with Crippen LogP contribution in [0.5, 0.6) is 0 Å². The molecule has 0 atom stereocenters. The summed E-state index contributed by atoms with van der Waals surface area (Å²) < 4.78 is 5.79. The van der Waals surface area contributed by atoms with Gasteiger partial charge in [-0.1, -0.05) is 71.7 Å². The van der Waals surface area contributed by atoms with E-state index in [9.17, 15) is 4.79 Å². The van der Waals surface area contributed by atoms with Gasteiger partial charge in [-0.2, -0.15) is 0 Å². The van der Waals surface area contributed by atoms with E-state index in [1.165, 1.54) is 17.4 Å². The number of halogens is 2. The Bertz CT molecular complexity index is 1500. The Balaban J connectivity index is 1.29.